The van der Waals surface area contributed by atoms with Gasteiger partial charge in [0, 0.05) is 12.5 Å². The first-order valence-corrected chi connectivity index (χ1v) is 7.75. The van der Waals surface area contributed by atoms with Crippen molar-refractivity contribution in [3.8, 4) is 0 Å². The first-order chi connectivity index (χ1) is 9.89. The third kappa shape index (κ3) is 3.36. The van der Waals surface area contributed by atoms with Crippen LogP contribution in [0.5, 0.6) is 0 Å². The Balaban J connectivity index is 2.04. The van der Waals surface area contributed by atoms with Gasteiger partial charge in [-0.15, -0.1) is 0 Å². The first kappa shape index (κ1) is 15.8. The molecule has 118 valence electrons. The molecule has 0 aromatic heterocycles. The van der Waals surface area contributed by atoms with Crippen LogP contribution >= 0.6 is 0 Å². The standard InChI is InChI=1S/C15H24N2O4/c1-3-8-15(2,14(20)21)16-12(18)11-5-4-9-17(11)13(19)10-6-7-10/h10-11H,3-9H2,1-2H3,(H,16,18)(H,20,21). The zero-order chi connectivity index (χ0) is 15.6. The van der Waals surface area contributed by atoms with Crippen LogP contribution in [0, 0.1) is 5.92 Å². The van der Waals surface area contributed by atoms with Crippen LogP contribution in [0.3, 0.4) is 0 Å². The molecule has 1 saturated heterocycles. The number of hydrogen-bond donors (Lipinski definition) is 2. The fourth-order valence-corrected chi connectivity index (χ4v) is 2.95. The number of nitrogens with one attached hydrogen (secondary N) is 1. The lowest BCUT2D eigenvalue weighted by atomic mass is 9.95. The topological polar surface area (TPSA) is 86.7 Å². The van der Waals surface area contributed by atoms with Crippen molar-refractivity contribution in [2.75, 3.05) is 6.54 Å². The van der Waals surface area contributed by atoms with Gasteiger partial charge in [0.2, 0.25) is 11.8 Å². The maximum Gasteiger partial charge on any atom is 0.329 e. The average Bonchev–Trinajstić information content (AvgIpc) is 3.14. The highest BCUT2D eigenvalue weighted by Crippen LogP contribution is 2.33. The molecule has 2 fully saturated rings. The Bertz CT molecular complexity index is 447. The maximum absolute atomic E-state index is 12.4. The van der Waals surface area contributed by atoms with Crippen molar-refractivity contribution >= 4 is 17.8 Å². The molecule has 6 heteroatoms. The Morgan fingerprint density at radius 1 is 1.29 bits per heavy atom. The van der Waals surface area contributed by atoms with E-state index < -0.39 is 17.6 Å². The molecule has 2 N–H and O–H groups in total. The molecule has 6 nitrogen and oxygen atoms in total. The lowest BCUT2D eigenvalue weighted by Gasteiger charge is -2.30. The van der Waals surface area contributed by atoms with E-state index in [1.807, 2.05) is 6.92 Å². The Labute approximate surface area is 124 Å². The molecular weight excluding hydrogens is 272 g/mol. The average molecular weight is 296 g/mol. The fraction of sp³-hybridized carbons (Fsp3) is 0.800. The van der Waals surface area contributed by atoms with Gasteiger partial charge in [0.05, 0.1) is 0 Å². The monoisotopic (exact) mass is 296 g/mol. The van der Waals surface area contributed by atoms with E-state index in [9.17, 15) is 19.5 Å². The minimum atomic E-state index is -1.26. The molecule has 1 aliphatic heterocycles. The zero-order valence-corrected chi connectivity index (χ0v) is 12.7. The van der Waals surface area contributed by atoms with Crippen molar-refractivity contribution < 1.29 is 19.5 Å². The van der Waals surface area contributed by atoms with Gasteiger partial charge >= 0.3 is 5.97 Å². The summed E-state index contributed by atoms with van der Waals surface area (Å²) in [6, 6.07) is -0.506. The summed E-state index contributed by atoms with van der Waals surface area (Å²) in [5.41, 5.74) is -1.26. The van der Waals surface area contributed by atoms with E-state index in [4.69, 9.17) is 0 Å². The highest BCUT2D eigenvalue weighted by Gasteiger charge is 2.43. The summed E-state index contributed by atoms with van der Waals surface area (Å²) in [5.74, 6) is -1.23. The van der Waals surface area contributed by atoms with Gasteiger partial charge in [0.15, 0.2) is 0 Å². The molecule has 21 heavy (non-hydrogen) atoms. The first-order valence-electron chi connectivity index (χ1n) is 7.75. The summed E-state index contributed by atoms with van der Waals surface area (Å²) in [7, 11) is 0. The molecule has 0 spiro atoms. The quantitative estimate of drug-likeness (QED) is 0.769. The molecular formula is C15H24N2O4. The second-order valence-electron chi connectivity index (χ2n) is 6.34. The van der Waals surface area contributed by atoms with Crippen LogP contribution in [0.2, 0.25) is 0 Å². The molecule has 2 amide bonds. The number of carboxylic acids is 1. The molecule has 1 saturated carbocycles. The number of likely N-dealkylation sites (tertiary alicyclic amines) is 1. The third-order valence-corrected chi connectivity index (χ3v) is 4.39. The SMILES string of the molecule is CCCC(C)(NC(=O)C1CCCN1C(=O)C1CC1)C(=O)O. The van der Waals surface area contributed by atoms with Crippen molar-refractivity contribution in [2.24, 2.45) is 5.92 Å². The molecule has 0 radical (unpaired) electrons. The van der Waals surface area contributed by atoms with Gasteiger partial charge in [-0.25, -0.2) is 4.79 Å². The fourth-order valence-electron chi connectivity index (χ4n) is 2.95. The minimum absolute atomic E-state index is 0.0557. The summed E-state index contributed by atoms with van der Waals surface area (Å²) >= 11 is 0. The Kier molecular flexibility index (Phi) is 4.54. The lowest BCUT2D eigenvalue weighted by molar-refractivity contribution is -0.148. The van der Waals surface area contributed by atoms with Gasteiger partial charge in [-0.2, -0.15) is 0 Å². The van der Waals surface area contributed by atoms with E-state index in [0.717, 1.165) is 19.3 Å². The smallest absolute Gasteiger partial charge is 0.329 e. The highest BCUT2D eigenvalue weighted by molar-refractivity contribution is 5.93. The molecule has 2 atom stereocenters. The van der Waals surface area contributed by atoms with Crippen molar-refractivity contribution in [1.82, 2.24) is 10.2 Å². The van der Waals surface area contributed by atoms with Gasteiger partial charge < -0.3 is 15.3 Å². The zero-order valence-electron chi connectivity index (χ0n) is 12.7. The number of amides is 2. The van der Waals surface area contributed by atoms with E-state index in [1.54, 1.807) is 4.90 Å². The summed E-state index contributed by atoms with van der Waals surface area (Å²) in [5, 5.41) is 12.0. The molecule has 2 rings (SSSR count). The minimum Gasteiger partial charge on any atom is -0.480 e. The molecule has 0 aromatic carbocycles. The number of nitrogens with zero attached hydrogens (tertiary/aromatic N) is 1. The second kappa shape index (κ2) is 6.03. The van der Waals surface area contributed by atoms with Gasteiger partial charge in [0.1, 0.15) is 11.6 Å². The summed E-state index contributed by atoms with van der Waals surface area (Å²) in [6.45, 7) is 4.01. The number of carboxylic acid groups (broad SMARTS) is 1. The van der Waals surface area contributed by atoms with Crippen molar-refractivity contribution in [2.45, 2.75) is 64.0 Å². The van der Waals surface area contributed by atoms with Crippen LogP contribution in [0.25, 0.3) is 0 Å². The normalized spacial score (nSPS) is 24.5. The number of aliphatic carboxylic acids is 1. The predicted molar refractivity (Wildman–Crippen MR) is 76.6 cm³/mol. The molecule has 2 unspecified atom stereocenters. The van der Waals surface area contributed by atoms with Crippen molar-refractivity contribution in [3.05, 3.63) is 0 Å². The number of carbonyl (C=O) groups is 3. The molecule has 1 heterocycles. The number of carbonyl (C=O) groups excluding carboxylic acids is 2. The van der Waals surface area contributed by atoms with E-state index in [2.05, 4.69) is 5.32 Å². The molecule has 1 aliphatic carbocycles. The van der Waals surface area contributed by atoms with Crippen LogP contribution in [-0.2, 0) is 14.4 Å². The van der Waals surface area contributed by atoms with E-state index in [-0.39, 0.29) is 17.7 Å². The van der Waals surface area contributed by atoms with Gasteiger partial charge in [0.25, 0.3) is 0 Å². The third-order valence-electron chi connectivity index (χ3n) is 4.39. The predicted octanol–water partition coefficient (Wildman–Crippen LogP) is 1.15. The summed E-state index contributed by atoms with van der Waals surface area (Å²) in [4.78, 5) is 37.6. The molecule has 2 aliphatic rings. The van der Waals surface area contributed by atoms with E-state index >= 15 is 0 Å². The maximum atomic E-state index is 12.4. The highest BCUT2D eigenvalue weighted by atomic mass is 16.4. The van der Waals surface area contributed by atoms with Gasteiger partial charge in [-0.3, -0.25) is 9.59 Å². The molecule has 0 bridgehead atoms. The van der Waals surface area contributed by atoms with Crippen LogP contribution in [0.1, 0.15) is 52.4 Å². The Morgan fingerprint density at radius 2 is 1.95 bits per heavy atom. The van der Waals surface area contributed by atoms with Gasteiger partial charge in [-0.1, -0.05) is 13.3 Å². The second-order valence-corrected chi connectivity index (χ2v) is 6.34. The van der Waals surface area contributed by atoms with Crippen LogP contribution in [-0.4, -0.2) is 45.9 Å². The van der Waals surface area contributed by atoms with Crippen LogP contribution in [0.4, 0.5) is 0 Å². The lowest BCUT2D eigenvalue weighted by Crippen LogP contribution is -2.57. The van der Waals surface area contributed by atoms with Crippen LogP contribution in [0.15, 0.2) is 0 Å². The Morgan fingerprint density at radius 3 is 2.48 bits per heavy atom. The van der Waals surface area contributed by atoms with E-state index in [1.165, 1.54) is 6.92 Å². The summed E-state index contributed by atoms with van der Waals surface area (Å²) < 4.78 is 0. The molecule has 0 aromatic rings. The van der Waals surface area contributed by atoms with Crippen molar-refractivity contribution in [1.29, 1.82) is 0 Å². The summed E-state index contributed by atoms with van der Waals surface area (Å²) in [6.07, 6.45) is 4.27. The number of hydrogen-bond acceptors (Lipinski definition) is 3. The Hall–Kier alpha value is -1.59. The number of rotatable bonds is 6. The van der Waals surface area contributed by atoms with Gasteiger partial charge in [-0.05, 0) is 39.0 Å². The largest absolute Gasteiger partial charge is 0.480 e. The van der Waals surface area contributed by atoms with E-state index in [0.29, 0.717) is 25.8 Å². The van der Waals surface area contributed by atoms with Crippen LogP contribution < -0.4 is 5.32 Å². The van der Waals surface area contributed by atoms with Crippen molar-refractivity contribution in [3.63, 3.8) is 0 Å².